The van der Waals surface area contributed by atoms with Crippen molar-refractivity contribution in [3.63, 3.8) is 0 Å². The molecule has 0 bridgehead atoms. The third kappa shape index (κ3) is 5.64. The summed E-state index contributed by atoms with van der Waals surface area (Å²) in [7, 11) is 1.79. The van der Waals surface area contributed by atoms with E-state index < -0.39 is 0 Å². The molecule has 0 spiro atoms. The maximum Gasteiger partial charge on any atom is 0.191 e. The van der Waals surface area contributed by atoms with Crippen LogP contribution in [0, 0.1) is 5.41 Å². The largest absolute Gasteiger partial charge is 0.385 e. The molecule has 1 aliphatic carbocycles. The highest BCUT2D eigenvalue weighted by Gasteiger charge is 2.34. The first-order valence-electron chi connectivity index (χ1n) is 9.27. The lowest BCUT2D eigenvalue weighted by Crippen LogP contribution is -2.46. The average molecular weight is 325 g/mol. The molecule has 1 saturated heterocycles. The SMILES string of the molecule is CCNC(=NCC1(CCOC)CCCC1)NCC1(C)CCCO1. The fraction of sp³-hybridized carbons (Fsp3) is 0.944. The van der Waals surface area contributed by atoms with Crippen molar-refractivity contribution in [3.05, 3.63) is 0 Å². The van der Waals surface area contributed by atoms with Gasteiger partial charge in [-0.15, -0.1) is 0 Å². The molecule has 1 atom stereocenters. The van der Waals surface area contributed by atoms with Crippen molar-refractivity contribution in [1.29, 1.82) is 0 Å². The van der Waals surface area contributed by atoms with Crippen LogP contribution < -0.4 is 10.6 Å². The van der Waals surface area contributed by atoms with Crippen molar-refractivity contribution in [2.45, 2.75) is 64.4 Å². The van der Waals surface area contributed by atoms with Gasteiger partial charge in [0, 0.05) is 40.0 Å². The Morgan fingerprint density at radius 3 is 2.57 bits per heavy atom. The maximum absolute atomic E-state index is 5.86. The summed E-state index contributed by atoms with van der Waals surface area (Å²) in [5.41, 5.74) is 0.295. The van der Waals surface area contributed by atoms with Gasteiger partial charge < -0.3 is 20.1 Å². The van der Waals surface area contributed by atoms with Crippen LogP contribution in [-0.2, 0) is 9.47 Å². The molecule has 23 heavy (non-hydrogen) atoms. The normalized spacial score (nSPS) is 27.3. The fourth-order valence-electron chi connectivity index (χ4n) is 3.77. The maximum atomic E-state index is 5.86. The van der Waals surface area contributed by atoms with Crippen LogP contribution in [0.2, 0.25) is 0 Å². The van der Waals surface area contributed by atoms with Crippen LogP contribution in [0.5, 0.6) is 0 Å². The van der Waals surface area contributed by atoms with E-state index in [0.29, 0.717) is 5.41 Å². The number of aliphatic imine (C=N–C) groups is 1. The Morgan fingerprint density at radius 2 is 1.96 bits per heavy atom. The second-order valence-electron chi connectivity index (χ2n) is 7.40. The highest BCUT2D eigenvalue weighted by molar-refractivity contribution is 5.79. The number of hydrogen-bond acceptors (Lipinski definition) is 3. The molecule has 0 aromatic rings. The Kier molecular flexibility index (Phi) is 7.15. The van der Waals surface area contributed by atoms with Crippen molar-refractivity contribution >= 4 is 5.96 Å². The summed E-state index contributed by atoms with van der Waals surface area (Å²) in [5, 5.41) is 6.86. The molecule has 2 N–H and O–H groups in total. The number of guanidine groups is 1. The minimum absolute atomic E-state index is 0.0444. The van der Waals surface area contributed by atoms with Crippen LogP contribution in [0.25, 0.3) is 0 Å². The van der Waals surface area contributed by atoms with E-state index in [9.17, 15) is 0 Å². The van der Waals surface area contributed by atoms with Gasteiger partial charge in [0.1, 0.15) is 0 Å². The lowest BCUT2D eigenvalue weighted by atomic mass is 9.83. The minimum atomic E-state index is -0.0444. The summed E-state index contributed by atoms with van der Waals surface area (Å²) < 4.78 is 11.2. The molecule has 0 aromatic carbocycles. The number of nitrogens with one attached hydrogen (secondary N) is 2. The van der Waals surface area contributed by atoms with Gasteiger partial charge in [-0.25, -0.2) is 0 Å². The van der Waals surface area contributed by atoms with E-state index in [0.717, 1.165) is 58.1 Å². The van der Waals surface area contributed by atoms with Crippen molar-refractivity contribution in [3.8, 4) is 0 Å². The summed E-state index contributed by atoms with van der Waals surface area (Å²) in [6, 6.07) is 0. The van der Waals surface area contributed by atoms with Crippen LogP contribution >= 0.6 is 0 Å². The summed E-state index contributed by atoms with van der Waals surface area (Å²) >= 11 is 0. The quantitative estimate of drug-likeness (QED) is 0.532. The smallest absolute Gasteiger partial charge is 0.191 e. The number of ether oxygens (including phenoxy) is 2. The van der Waals surface area contributed by atoms with Crippen molar-refractivity contribution < 1.29 is 9.47 Å². The van der Waals surface area contributed by atoms with Gasteiger partial charge in [0.15, 0.2) is 5.96 Å². The second-order valence-corrected chi connectivity index (χ2v) is 7.40. The molecular weight excluding hydrogens is 290 g/mol. The number of methoxy groups -OCH3 is 1. The molecule has 2 aliphatic rings. The average Bonchev–Trinajstić information content (AvgIpc) is 3.19. The van der Waals surface area contributed by atoms with Crippen molar-refractivity contribution in [2.75, 3.05) is 40.0 Å². The van der Waals surface area contributed by atoms with Crippen LogP contribution in [0.15, 0.2) is 4.99 Å². The van der Waals surface area contributed by atoms with E-state index in [1.807, 2.05) is 0 Å². The molecule has 1 saturated carbocycles. The van der Waals surface area contributed by atoms with Crippen molar-refractivity contribution in [1.82, 2.24) is 10.6 Å². The van der Waals surface area contributed by atoms with Gasteiger partial charge in [-0.05, 0) is 51.4 Å². The molecule has 134 valence electrons. The predicted molar refractivity (Wildman–Crippen MR) is 95.0 cm³/mol. The molecule has 0 aromatic heterocycles. The highest BCUT2D eigenvalue weighted by Crippen LogP contribution is 2.41. The molecule has 5 heteroatoms. The molecule has 5 nitrogen and oxygen atoms in total. The molecule has 0 amide bonds. The number of nitrogens with zero attached hydrogens (tertiary/aromatic N) is 1. The summed E-state index contributed by atoms with van der Waals surface area (Å²) in [6.07, 6.45) is 8.61. The lowest BCUT2D eigenvalue weighted by molar-refractivity contribution is 0.0242. The van der Waals surface area contributed by atoms with Crippen molar-refractivity contribution in [2.24, 2.45) is 10.4 Å². The minimum Gasteiger partial charge on any atom is -0.385 e. The van der Waals surface area contributed by atoms with Gasteiger partial charge in [0.25, 0.3) is 0 Å². The van der Waals surface area contributed by atoms with Crippen LogP contribution in [0.4, 0.5) is 0 Å². The van der Waals surface area contributed by atoms with Gasteiger partial charge >= 0.3 is 0 Å². The zero-order chi connectivity index (χ0) is 16.6. The number of hydrogen-bond donors (Lipinski definition) is 2. The van der Waals surface area contributed by atoms with Gasteiger partial charge in [0.2, 0.25) is 0 Å². The standard InChI is InChI=1S/C18H35N3O2/c1-4-19-16(20-14-17(2)8-7-12-23-17)21-15-18(11-13-22-3)9-5-6-10-18/h4-15H2,1-3H3,(H2,19,20,21). The van der Waals surface area contributed by atoms with Gasteiger partial charge in [-0.3, -0.25) is 4.99 Å². The first-order valence-corrected chi connectivity index (χ1v) is 9.27. The number of rotatable bonds is 8. The van der Waals surface area contributed by atoms with Gasteiger partial charge in [-0.1, -0.05) is 12.8 Å². The highest BCUT2D eigenvalue weighted by atomic mass is 16.5. The Hall–Kier alpha value is -0.810. The summed E-state index contributed by atoms with van der Waals surface area (Å²) in [5.74, 6) is 0.924. The second kappa shape index (κ2) is 8.88. The van der Waals surface area contributed by atoms with Gasteiger partial charge in [0.05, 0.1) is 5.60 Å². The van der Waals surface area contributed by atoms with Crippen LogP contribution in [0.1, 0.15) is 58.8 Å². The molecular formula is C18H35N3O2. The zero-order valence-corrected chi connectivity index (χ0v) is 15.2. The van der Waals surface area contributed by atoms with E-state index in [2.05, 4.69) is 24.5 Å². The van der Waals surface area contributed by atoms with Crippen LogP contribution in [-0.4, -0.2) is 51.5 Å². The van der Waals surface area contributed by atoms with E-state index in [1.54, 1.807) is 7.11 Å². The Bertz CT molecular complexity index is 372. The third-order valence-electron chi connectivity index (χ3n) is 5.35. The Balaban J connectivity index is 1.91. The molecule has 2 rings (SSSR count). The first-order chi connectivity index (χ1) is 11.1. The Labute approximate surface area is 141 Å². The fourth-order valence-corrected chi connectivity index (χ4v) is 3.77. The Morgan fingerprint density at radius 1 is 1.17 bits per heavy atom. The topological polar surface area (TPSA) is 54.9 Å². The van der Waals surface area contributed by atoms with E-state index in [1.165, 1.54) is 25.7 Å². The van der Waals surface area contributed by atoms with Gasteiger partial charge in [-0.2, -0.15) is 0 Å². The van der Waals surface area contributed by atoms with E-state index in [4.69, 9.17) is 14.5 Å². The molecule has 0 radical (unpaired) electrons. The molecule has 2 fully saturated rings. The first kappa shape index (κ1) is 18.5. The summed E-state index contributed by atoms with van der Waals surface area (Å²) in [4.78, 5) is 4.90. The van der Waals surface area contributed by atoms with E-state index in [-0.39, 0.29) is 5.60 Å². The molecule has 1 aliphatic heterocycles. The summed E-state index contributed by atoms with van der Waals surface area (Å²) in [6.45, 7) is 8.62. The van der Waals surface area contributed by atoms with E-state index >= 15 is 0 Å². The third-order valence-corrected chi connectivity index (χ3v) is 5.35. The zero-order valence-electron chi connectivity index (χ0n) is 15.2. The molecule has 1 unspecified atom stereocenters. The lowest BCUT2D eigenvalue weighted by Gasteiger charge is -2.28. The predicted octanol–water partition coefficient (Wildman–Crippen LogP) is 2.71. The monoisotopic (exact) mass is 325 g/mol. The van der Waals surface area contributed by atoms with Crippen LogP contribution in [0.3, 0.4) is 0 Å². The molecule has 1 heterocycles.